The Kier molecular flexibility index (Phi) is 12.3. The second-order valence-electron chi connectivity index (χ2n) is 15.3. The zero-order chi connectivity index (χ0) is 40.8. The summed E-state index contributed by atoms with van der Waals surface area (Å²) >= 11 is 0. The number of alkyl carbamates (subject to hydrolysis) is 2. The summed E-state index contributed by atoms with van der Waals surface area (Å²) in [4.78, 5) is 72.4. The summed E-state index contributed by atoms with van der Waals surface area (Å²) in [5.74, 6) is 0.317. The number of imidazole rings is 1. The Balaban J connectivity index is 0.972. The van der Waals surface area contributed by atoms with Crippen molar-refractivity contribution in [2.75, 3.05) is 27.3 Å². The van der Waals surface area contributed by atoms with Crippen LogP contribution in [-0.4, -0.2) is 99.9 Å². The smallest absolute Gasteiger partial charge is 0.407 e. The molecule has 7 rings (SSSR count). The number of rotatable bonds is 12. The van der Waals surface area contributed by atoms with Crippen molar-refractivity contribution in [3.05, 3.63) is 102 Å². The van der Waals surface area contributed by atoms with Gasteiger partial charge in [-0.1, -0.05) is 68.4 Å². The minimum atomic E-state index is -0.809. The molecule has 3 aliphatic heterocycles. The van der Waals surface area contributed by atoms with Crippen LogP contribution >= 0.6 is 0 Å². The van der Waals surface area contributed by atoms with E-state index < -0.39 is 24.3 Å². The highest BCUT2D eigenvalue weighted by molar-refractivity contribution is 6.04. The number of pyridine rings is 1. The van der Waals surface area contributed by atoms with Crippen molar-refractivity contribution >= 4 is 35.3 Å². The quantitative estimate of drug-likeness (QED) is 0.150. The number of nitrogens with one attached hydrogen (secondary N) is 3. The van der Waals surface area contributed by atoms with E-state index in [1.807, 2.05) is 31.0 Å². The lowest BCUT2D eigenvalue weighted by Crippen LogP contribution is -2.53. The Morgan fingerprint density at radius 1 is 0.793 bits per heavy atom. The van der Waals surface area contributed by atoms with Gasteiger partial charge in [-0.25, -0.2) is 14.6 Å². The molecule has 5 heterocycles. The topological polar surface area (TPSA) is 171 Å². The summed E-state index contributed by atoms with van der Waals surface area (Å²) in [5, 5.41) is 5.43. The van der Waals surface area contributed by atoms with Gasteiger partial charge in [0.1, 0.15) is 17.9 Å². The second-order valence-corrected chi connectivity index (χ2v) is 15.3. The predicted molar refractivity (Wildman–Crippen MR) is 219 cm³/mol. The number of allylic oxidation sites excluding steroid dienone is 1. The van der Waals surface area contributed by atoms with Crippen LogP contribution in [0.15, 0.2) is 90.4 Å². The van der Waals surface area contributed by atoms with Crippen LogP contribution in [-0.2, 0) is 25.5 Å². The molecule has 4 atom stereocenters. The van der Waals surface area contributed by atoms with Gasteiger partial charge in [0.25, 0.3) is 0 Å². The molecule has 14 heteroatoms. The minimum Gasteiger partial charge on any atom is -0.453 e. The largest absolute Gasteiger partial charge is 0.453 e. The fraction of sp³-hybridized carbons (Fsp3) is 0.386. The molecule has 2 fully saturated rings. The van der Waals surface area contributed by atoms with E-state index in [0.717, 1.165) is 70.5 Å². The molecule has 0 spiro atoms. The number of aliphatic imine (C=N–C) groups is 1. The first-order valence-corrected chi connectivity index (χ1v) is 19.8. The second kappa shape index (κ2) is 17.9. The highest BCUT2D eigenvalue weighted by Gasteiger charge is 2.39. The number of ether oxygens (including phenoxy) is 2. The first-order valence-electron chi connectivity index (χ1n) is 19.8. The number of aromatic nitrogens is 3. The van der Waals surface area contributed by atoms with Crippen LogP contribution in [0.5, 0.6) is 0 Å². The number of nitrogens with zero attached hydrogens (tertiary/aromatic N) is 5. The number of carbonyl (C=O) groups is 4. The first kappa shape index (κ1) is 39.9. The molecule has 0 bridgehead atoms. The summed E-state index contributed by atoms with van der Waals surface area (Å²) in [7, 11) is 2.58. The van der Waals surface area contributed by atoms with Gasteiger partial charge >= 0.3 is 12.2 Å². The lowest BCUT2D eigenvalue weighted by Gasteiger charge is -2.31. The van der Waals surface area contributed by atoms with Crippen LogP contribution in [0.4, 0.5) is 9.59 Å². The molecule has 302 valence electrons. The van der Waals surface area contributed by atoms with Gasteiger partial charge in [0.15, 0.2) is 0 Å². The summed E-state index contributed by atoms with van der Waals surface area (Å²) in [6.07, 6.45) is 10.0. The summed E-state index contributed by atoms with van der Waals surface area (Å²) in [6.45, 7) is 5.01. The SMILES string of the molecule is COC(=O)N[C@@H](Cc1cccnc1)C(=O)N1CCC[C@H]1c1ncc(-c2ccc(-c3ccc(C4=CN=C([C@@H]5CCCN5C(=O)[C@@H](NC(=O)OC)C(C)C)C4)cc3)cc2)[nH]1. The molecule has 0 radical (unpaired) electrons. The molecule has 4 aromatic rings. The number of aromatic amines is 1. The number of amides is 4. The maximum absolute atomic E-state index is 13.9. The van der Waals surface area contributed by atoms with Crippen LogP contribution in [0.3, 0.4) is 0 Å². The lowest BCUT2D eigenvalue weighted by molar-refractivity contribution is -0.135. The number of hydrogen-bond acceptors (Lipinski definition) is 9. The number of H-pyrrole nitrogens is 1. The van der Waals surface area contributed by atoms with Crippen LogP contribution in [0.1, 0.15) is 68.9 Å². The van der Waals surface area contributed by atoms with Gasteiger partial charge in [-0.15, -0.1) is 0 Å². The van der Waals surface area contributed by atoms with Gasteiger partial charge in [-0.05, 0) is 71.1 Å². The molecule has 0 saturated carbocycles. The molecule has 2 aromatic heterocycles. The summed E-state index contributed by atoms with van der Waals surface area (Å²) in [6, 6.07) is 18.6. The number of carbonyl (C=O) groups excluding carboxylic acids is 4. The Morgan fingerprint density at radius 3 is 2.05 bits per heavy atom. The maximum atomic E-state index is 13.9. The van der Waals surface area contributed by atoms with E-state index >= 15 is 0 Å². The van der Waals surface area contributed by atoms with E-state index in [4.69, 9.17) is 19.5 Å². The van der Waals surface area contributed by atoms with Crippen molar-refractivity contribution in [1.29, 1.82) is 0 Å². The van der Waals surface area contributed by atoms with E-state index in [1.54, 1.807) is 29.6 Å². The van der Waals surface area contributed by atoms with E-state index in [1.165, 1.54) is 14.2 Å². The maximum Gasteiger partial charge on any atom is 0.407 e. The molecule has 0 unspecified atom stereocenters. The number of methoxy groups -OCH3 is 2. The van der Waals surface area contributed by atoms with Gasteiger partial charge < -0.3 is 34.9 Å². The molecule has 3 N–H and O–H groups in total. The van der Waals surface area contributed by atoms with Crippen LogP contribution in [0.25, 0.3) is 28.0 Å². The minimum absolute atomic E-state index is 0.0884. The van der Waals surface area contributed by atoms with Gasteiger partial charge in [0, 0.05) is 50.2 Å². The van der Waals surface area contributed by atoms with Crippen molar-refractivity contribution in [1.82, 2.24) is 35.4 Å². The van der Waals surface area contributed by atoms with Crippen LogP contribution in [0.2, 0.25) is 0 Å². The first-order chi connectivity index (χ1) is 28.1. The third-order valence-corrected chi connectivity index (χ3v) is 11.2. The molecule has 0 aliphatic carbocycles. The fourth-order valence-electron chi connectivity index (χ4n) is 8.13. The number of hydrogen-bond donors (Lipinski definition) is 3. The third-order valence-electron chi connectivity index (χ3n) is 11.2. The fourth-order valence-corrected chi connectivity index (χ4v) is 8.13. The van der Waals surface area contributed by atoms with Crippen LogP contribution in [0, 0.1) is 5.92 Å². The van der Waals surface area contributed by atoms with Gasteiger partial charge in [-0.2, -0.15) is 0 Å². The Labute approximate surface area is 338 Å². The van der Waals surface area contributed by atoms with Gasteiger partial charge in [-0.3, -0.25) is 19.6 Å². The van der Waals surface area contributed by atoms with Crippen molar-refractivity contribution in [3.8, 4) is 22.4 Å². The average Bonchev–Trinajstić information content (AvgIpc) is 4.09. The number of likely N-dealkylation sites (tertiary alicyclic amines) is 2. The predicted octanol–water partition coefficient (Wildman–Crippen LogP) is 6.33. The Morgan fingerprint density at radius 2 is 1.41 bits per heavy atom. The van der Waals surface area contributed by atoms with Crippen molar-refractivity contribution in [3.63, 3.8) is 0 Å². The average molecular weight is 787 g/mol. The molecular weight excluding hydrogens is 737 g/mol. The lowest BCUT2D eigenvalue weighted by atomic mass is 9.95. The molecular formula is C44H50N8O6. The van der Waals surface area contributed by atoms with Gasteiger partial charge in [0.2, 0.25) is 11.8 Å². The Bertz CT molecular complexity index is 2170. The van der Waals surface area contributed by atoms with E-state index in [9.17, 15) is 19.2 Å². The molecule has 58 heavy (non-hydrogen) atoms. The van der Waals surface area contributed by atoms with E-state index in [2.05, 4.69) is 69.1 Å². The monoisotopic (exact) mass is 786 g/mol. The highest BCUT2D eigenvalue weighted by atomic mass is 16.5. The van der Waals surface area contributed by atoms with Gasteiger partial charge in [0.05, 0.1) is 38.2 Å². The zero-order valence-corrected chi connectivity index (χ0v) is 33.3. The molecule has 3 aliphatic rings. The molecule has 4 amide bonds. The third kappa shape index (κ3) is 8.80. The van der Waals surface area contributed by atoms with Crippen molar-refractivity contribution in [2.45, 2.75) is 76.5 Å². The summed E-state index contributed by atoms with van der Waals surface area (Å²) < 4.78 is 9.59. The molecule has 14 nitrogen and oxygen atoms in total. The summed E-state index contributed by atoms with van der Waals surface area (Å²) in [5.41, 5.74) is 7.95. The number of benzene rings is 2. The Hall–Kier alpha value is -6.31. The van der Waals surface area contributed by atoms with Crippen LogP contribution < -0.4 is 10.6 Å². The van der Waals surface area contributed by atoms with E-state index in [-0.39, 0.29) is 36.2 Å². The molecule has 2 saturated heterocycles. The van der Waals surface area contributed by atoms with E-state index in [0.29, 0.717) is 25.3 Å². The zero-order valence-electron chi connectivity index (χ0n) is 33.3. The van der Waals surface area contributed by atoms with Crippen molar-refractivity contribution in [2.24, 2.45) is 10.9 Å². The normalized spacial score (nSPS) is 18.7. The van der Waals surface area contributed by atoms with Crippen molar-refractivity contribution < 1.29 is 28.7 Å². The highest BCUT2D eigenvalue weighted by Crippen LogP contribution is 2.34. The standard InChI is InChI=1S/C44H50N8O6/c1-27(2)39(50-44(56)58-4)42(54)51-20-6-9-37(51)34-23-33(25-46-34)31-13-11-29(12-14-31)30-15-17-32(18-16-30)36-26-47-40(48-36)38-10-7-21-52(38)41(53)35(49-43(55)57-3)22-28-8-5-19-45-24-28/h5,8,11-19,24-27,35,37-39H,6-7,9-10,20-23H2,1-4H3,(H,47,48)(H,49,55)(H,50,56)/t35-,37-,38-,39-/m0/s1. The molecule has 2 aromatic carbocycles.